The second kappa shape index (κ2) is 5.22. The van der Waals surface area contributed by atoms with Crippen molar-refractivity contribution in [1.82, 2.24) is 19.6 Å². The van der Waals surface area contributed by atoms with Crippen LogP contribution < -0.4 is 5.32 Å². The van der Waals surface area contributed by atoms with Crippen LogP contribution in [0.4, 0.5) is 5.82 Å². The quantitative estimate of drug-likeness (QED) is 0.791. The fourth-order valence-electron chi connectivity index (χ4n) is 1.55. The molecule has 17 heavy (non-hydrogen) atoms. The minimum atomic E-state index is -0.740. The molecule has 0 radical (unpaired) electrons. The Labute approximate surface area is 102 Å². The third kappa shape index (κ3) is 2.79. The predicted octanol–water partition coefficient (Wildman–Crippen LogP) is 0.613. The molecule has 1 N–H and O–H groups in total. The number of hydrogen-bond donors (Lipinski definition) is 1. The van der Waals surface area contributed by atoms with Gasteiger partial charge in [0.2, 0.25) is 5.65 Å². The molecule has 2 aromatic heterocycles. The standard InChI is InChI=1S/C10H15N5OS/c1-8-13-14-10-9(12-5-6-15(8)10)11-4-3-7-17(2)16/h5-6H,3-4,7H2,1-2H3,(H,11,12). The van der Waals surface area contributed by atoms with Gasteiger partial charge >= 0.3 is 0 Å². The summed E-state index contributed by atoms with van der Waals surface area (Å²) in [6.45, 7) is 2.63. The molecule has 0 aliphatic heterocycles. The van der Waals surface area contributed by atoms with Crippen molar-refractivity contribution in [3.05, 3.63) is 18.2 Å². The zero-order valence-electron chi connectivity index (χ0n) is 9.88. The number of aromatic nitrogens is 4. The van der Waals surface area contributed by atoms with Crippen LogP contribution in [0.25, 0.3) is 5.65 Å². The summed E-state index contributed by atoms with van der Waals surface area (Å²) in [6.07, 6.45) is 6.10. The summed E-state index contributed by atoms with van der Waals surface area (Å²) in [5.41, 5.74) is 0.725. The third-order valence-corrected chi connectivity index (χ3v) is 3.26. The molecule has 2 rings (SSSR count). The Morgan fingerprint density at radius 1 is 1.47 bits per heavy atom. The average molecular weight is 253 g/mol. The van der Waals surface area contributed by atoms with Gasteiger partial charge in [0.25, 0.3) is 0 Å². The van der Waals surface area contributed by atoms with Crippen LogP contribution in [0.2, 0.25) is 0 Å². The normalized spacial score (nSPS) is 12.8. The van der Waals surface area contributed by atoms with E-state index in [-0.39, 0.29) is 0 Å². The second-order valence-corrected chi connectivity index (χ2v) is 5.33. The zero-order valence-corrected chi connectivity index (χ0v) is 10.7. The van der Waals surface area contributed by atoms with E-state index in [9.17, 15) is 4.21 Å². The van der Waals surface area contributed by atoms with Gasteiger partial charge in [-0.3, -0.25) is 8.61 Å². The fraction of sp³-hybridized carbons (Fsp3) is 0.500. The molecule has 0 aliphatic carbocycles. The minimum Gasteiger partial charge on any atom is -0.367 e. The number of hydrogen-bond acceptors (Lipinski definition) is 5. The van der Waals surface area contributed by atoms with Crippen LogP contribution in [0.15, 0.2) is 12.4 Å². The van der Waals surface area contributed by atoms with E-state index in [0.29, 0.717) is 5.75 Å². The molecule has 0 saturated heterocycles. The third-order valence-electron chi connectivity index (χ3n) is 2.40. The van der Waals surface area contributed by atoms with Gasteiger partial charge in [0.15, 0.2) is 5.82 Å². The SMILES string of the molecule is Cc1nnc2c(NCCCS(C)=O)nccn12. The molecule has 7 heteroatoms. The molecular weight excluding hydrogens is 238 g/mol. The largest absolute Gasteiger partial charge is 0.367 e. The predicted molar refractivity (Wildman–Crippen MR) is 67.6 cm³/mol. The monoisotopic (exact) mass is 253 g/mol. The van der Waals surface area contributed by atoms with Crippen LogP contribution >= 0.6 is 0 Å². The first kappa shape index (κ1) is 12.0. The molecule has 1 atom stereocenters. The number of aryl methyl sites for hydroxylation is 1. The summed E-state index contributed by atoms with van der Waals surface area (Å²) < 4.78 is 12.8. The van der Waals surface area contributed by atoms with Crippen molar-refractivity contribution in [2.75, 3.05) is 23.9 Å². The van der Waals surface area contributed by atoms with Gasteiger partial charge in [-0.2, -0.15) is 0 Å². The van der Waals surface area contributed by atoms with Crippen molar-refractivity contribution in [1.29, 1.82) is 0 Å². The number of rotatable bonds is 5. The molecule has 6 nitrogen and oxygen atoms in total. The van der Waals surface area contributed by atoms with Gasteiger partial charge in [-0.25, -0.2) is 4.98 Å². The Balaban J connectivity index is 2.06. The van der Waals surface area contributed by atoms with Crippen LogP contribution in [0.5, 0.6) is 0 Å². The van der Waals surface area contributed by atoms with Gasteiger partial charge in [-0.1, -0.05) is 0 Å². The van der Waals surface area contributed by atoms with E-state index in [4.69, 9.17) is 0 Å². The topological polar surface area (TPSA) is 72.2 Å². The number of nitrogens with one attached hydrogen (secondary N) is 1. The molecule has 0 spiro atoms. The van der Waals surface area contributed by atoms with E-state index >= 15 is 0 Å². The van der Waals surface area contributed by atoms with Gasteiger partial charge < -0.3 is 5.32 Å². The van der Waals surface area contributed by atoms with E-state index in [0.717, 1.165) is 30.3 Å². The molecular formula is C10H15N5OS. The van der Waals surface area contributed by atoms with Crippen LogP contribution in [0, 0.1) is 6.92 Å². The highest BCUT2D eigenvalue weighted by atomic mass is 32.2. The fourth-order valence-corrected chi connectivity index (χ4v) is 2.10. The molecule has 0 saturated carbocycles. The maximum Gasteiger partial charge on any atom is 0.203 e. The summed E-state index contributed by atoms with van der Waals surface area (Å²) in [5.74, 6) is 2.25. The zero-order chi connectivity index (χ0) is 12.3. The van der Waals surface area contributed by atoms with Crippen molar-refractivity contribution in [2.24, 2.45) is 0 Å². The number of nitrogens with zero attached hydrogens (tertiary/aromatic N) is 4. The second-order valence-electron chi connectivity index (χ2n) is 3.77. The number of fused-ring (bicyclic) bond motifs is 1. The average Bonchev–Trinajstić information content (AvgIpc) is 2.67. The van der Waals surface area contributed by atoms with Crippen molar-refractivity contribution in [2.45, 2.75) is 13.3 Å². The highest BCUT2D eigenvalue weighted by Gasteiger charge is 2.06. The van der Waals surface area contributed by atoms with Gasteiger partial charge in [-0.15, -0.1) is 10.2 Å². The van der Waals surface area contributed by atoms with Crippen molar-refractivity contribution in [3.8, 4) is 0 Å². The molecule has 1 unspecified atom stereocenters. The molecule has 2 aromatic rings. The first-order chi connectivity index (χ1) is 8.18. The van der Waals surface area contributed by atoms with Gasteiger partial charge in [0.05, 0.1) is 0 Å². The molecule has 0 fully saturated rings. The lowest BCUT2D eigenvalue weighted by Crippen LogP contribution is -2.08. The summed E-state index contributed by atoms with van der Waals surface area (Å²) in [7, 11) is -0.740. The lowest BCUT2D eigenvalue weighted by molar-refractivity contribution is 0.685. The molecule has 0 amide bonds. The highest BCUT2D eigenvalue weighted by Crippen LogP contribution is 2.11. The van der Waals surface area contributed by atoms with Crippen molar-refractivity contribution in [3.63, 3.8) is 0 Å². The molecule has 0 aliphatic rings. The Hall–Kier alpha value is -1.50. The van der Waals surface area contributed by atoms with E-state index in [1.54, 1.807) is 12.5 Å². The highest BCUT2D eigenvalue weighted by molar-refractivity contribution is 7.84. The first-order valence-electron chi connectivity index (χ1n) is 5.38. The van der Waals surface area contributed by atoms with Crippen molar-refractivity contribution >= 4 is 22.3 Å². The summed E-state index contributed by atoms with van der Waals surface area (Å²) >= 11 is 0. The molecule has 0 bridgehead atoms. The lowest BCUT2D eigenvalue weighted by atomic mass is 10.4. The van der Waals surface area contributed by atoms with Crippen LogP contribution in [-0.4, -0.2) is 42.3 Å². The summed E-state index contributed by atoms with van der Waals surface area (Å²) in [5, 5.41) is 11.2. The van der Waals surface area contributed by atoms with E-state index in [2.05, 4.69) is 20.5 Å². The summed E-state index contributed by atoms with van der Waals surface area (Å²) in [6, 6.07) is 0. The molecule has 0 aromatic carbocycles. The Bertz CT molecular complexity index is 538. The first-order valence-corrected chi connectivity index (χ1v) is 7.11. The Morgan fingerprint density at radius 2 is 2.29 bits per heavy atom. The van der Waals surface area contributed by atoms with Gasteiger partial charge in [0, 0.05) is 41.7 Å². The van der Waals surface area contributed by atoms with E-state index in [1.807, 2.05) is 17.5 Å². The maximum atomic E-state index is 10.9. The van der Waals surface area contributed by atoms with E-state index in [1.165, 1.54) is 0 Å². The van der Waals surface area contributed by atoms with Crippen LogP contribution in [0.3, 0.4) is 0 Å². The minimum absolute atomic E-state index is 0.696. The Morgan fingerprint density at radius 3 is 3.06 bits per heavy atom. The smallest absolute Gasteiger partial charge is 0.203 e. The van der Waals surface area contributed by atoms with Crippen molar-refractivity contribution < 1.29 is 4.21 Å². The van der Waals surface area contributed by atoms with Gasteiger partial charge in [-0.05, 0) is 13.3 Å². The van der Waals surface area contributed by atoms with Gasteiger partial charge in [0.1, 0.15) is 5.82 Å². The van der Waals surface area contributed by atoms with Crippen LogP contribution in [-0.2, 0) is 10.8 Å². The summed E-state index contributed by atoms with van der Waals surface area (Å²) in [4.78, 5) is 4.23. The Kier molecular flexibility index (Phi) is 3.68. The maximum absolute atomic E-state index is 10.9. The van der Waals surface area contributed by atoms with E-state index < -0.39 is 10.8 Å². The van der Waals surface area contributed by atoms with Crippen LogP contribution in [0.1, 0.15) is 12.2 Å². The lowest BCUT2D eigenvalue weighted by Gasteiger charge is -2.05. The number of anilines is 1. The molecule has 92 valence electrons. The molecule has 2 heterocycles.